The molecule has 11 rings (SSSR count). The van der Waals surface area contributed by atoms with E-state index in [2.05, 4.69) is 51.2 Å². The van der Waals surface area contributed by atoms with Gasteiger partial charge >= 0.3 is 30.7 Å². The molecule has 3 fully saturated rings. The average molecular weight is 1510 g/mol. The van der Waals surface area contributed by atoms with Crippen LogP contribution in [0, 0.1) is 5.92 Å². The van der Waals surface area contributed by atoms with Crippen molar-refractivity contribution in [2.75, 3.05) is 70.2 Å². The van der Waals surface area contributed by atoms with Gasteiger partial charge in [-0.3, -0.25) is 19.2 Å². The quantitative estimate of drug-likeness (QED) is 0.0432. The molecular weight excluding hydrogens is 1440 g/mol. The van der Waals surface area contributed by atoms with Crippen LogP contribution >= 0.6 is 15.9 Å². The molecule has 3 aliphatic rings. The number of ketones is 4. The molecule has 3 saturated heterocycles. The molecule has 0 bridgehead atoms. The van der Waals surface area contributed by atoms with Crippen LogP contribution in [0.15, 0.2) is 104 Å². The van der Waals surface area contributed by atoms with E-state index in [4.69, 9.17) is 29.4 Å². The average Bonchev–Trinajstić information content (AvgIpc) is 1.65. The molecule has 0 atom stereocenters. The lowest BCUT2D eigenvalue weighted by atomic mass is 9.97. The number of anilines is 1. The van der Waals surface area contributed by atoms with E-state index in [1.807, 2.05) is 65.3 Å². The minimum absolute atomic E-state index is 0.0168. The van der Waals surface area contributed by atoms with E-state index in [0.29, 0.717) is 102 Å². The maximum Gasteiger partial charge on any atom is 0.433 e. The Morgan fingerprint density at radius 1 is 0.515 bits per heavy atom. The zero-order valence-corrected chi connectivity index (χ0v) is 59.1. The highest BCUT2D eigenvalue weighted by Gasteiger charge is 2.40. The second-order valence-electron chi connectivity index (χ2n) is 25.8. The first kappa shape index (κ1) is 78.9. The first-order valence-corrected chi connectivity index (χ1v) is 33.6. The molecule has 3 aliphatic heterocycles. The van der Waals surface area contributed by atoms with Gasteiger partial charge in [0.15, 0.2) is 17.3 Å². The molecule has 0 radical (unpaired) electrons. The van der Waals surface area contributed by atoms with Crippen molar-refractivity contribution in [3.63, 3.8) is 0 Å². The van der Waals surface area contributed by atoms with Gasteiger partial charge in [0.1, 0.15) is 85.5 Å². The number of alkyl halides is 10. The van der Waals surface area contributed by atoms with Crippen molar-refractivity contribution in [2.24, 2.45) is 5.92 Å². The van der Waals surface area contributed by atoms with Crippen molar-refractivity contribution in [1.82, 2.24) is 53.8 Å². The number of rotatable bonds is 19. The highest BCUT2D eigenvalue weighted by molar-refractivity contribution is 9.09. The van der Waals surface area contributed by atoms with Crippen LogP contribution in [0.25, 0.3) is 11.3 Å². The fourth-order valence-corrected chi connectivity index (χ4v) is 10.7. The summed E-state index contributed by atoms with van der Waals surface area (Å²) in [6.45, 7) is 21.0. The van der Waals surface area contributed by atoms with Gasteiger partial charge in [-0.15, -0.1) is 0 Å². The van der Waals surface area contributed by atoms with Crippen LogP contribution in [0.1, 0.15) is 151 Å². The van der Waals surface area contributed by atoms with E-state index in [0.717, 1.165) is 54.8 Å². The third kappa shape index (κ3) is 21.6. The Balaban J connectivity index is 0.000000181. The Morgan fingerprint density at radius 3 is 1.23 bits per heavy atom. The van der Waals surface area contributed by atoms with Gasteiger partial charge in [-0.05, 0) is 98.7 Å². The number of aromatic nitrogens is 8. The smallest absolute Gasteiger partial charge is 0.433 e. The minimum atomic E-state index is -4.64. The van der Waals surface area contributed by atoms with Gasteiger partial charge < -0.3 is 53.3 Å². The summed E-state index contributed by atoms with van der Waals surface area (Å²) >= 11 is 3.11. The molecule has 3 N–H and O–H groups in total. The molecule has 23 nitrogen and oxygen atoms in total. The summed E-state index contributed by atoms with van der Waals surface area (Å²) in [7, 11) is 0. The van der Waals surface area contributed by atoms with Crippen molar-refractivity contribution in [1.29, 1.82) is 0 Å². The number of halogens is 10. The van der Waals surface area contributed by atoms with Gasteiger partial charge in [0.25, 0.3) is 0 Å². The van der Waals surface area contributed by atoms with E-state index in [-0.39, 0.29) is 72.0 Å². The van der Waals surface area contributed by atoms with Crippen LogP contribution in [0.5, 0.6) is 17.2 Å². The number of nitrogens with zero attached hydrogens (tertiary/aromatic N) is 10. The summed E-state index contributed by atoms with van der Waals surface area (Å²) in [5, 5.41) is 3.56. The summed E-state index contributed by atoms with van der Waals surface area (Å²) < 4.78 is 146. The molecule has 0 aliphatic carbocycles. The molecule has 11 heterocycles. The molecule has 0 aromatic carbocycles. The number of ether oxygens (including phenoxy) is 5. The molecule has 8 aromatic rings. The number of carbonyl (C=O) groups is 6. The van der Waals surface area contributed by atoms with Crippen molar-refractivity contribution >= 4 is 68.4 Å². The molecule has 2 amide bonds. The third-order valence-electron chi connectivity index (χ3n) is 15.5. The summed E-state index contributed by atoms with van der Waals surface area (Å²) in [4.78, 5) is 99.2. The molecule has 0 spiro atoms. The van der Waals surface area contributed by atoms with Crippen LogP contribution < -0.4 is 25.3 Å². The Morgan fingerprint density at radius 2 is 0.883 bits per heavy atom. The number of nitrogens with two attached hydrogens (primary N) is 1. The van der Waals surface area contributed by atoms with Gasteiger partial charge in [0, 0.05) is 136 Å². The second kappa shape index (κ2) is 33.1. The van der Waals surface area contributed by atoms with E-state index < -0.39 is 64.2 Å². The second-order valence-corrected chi connectivity index (χ2v) is 26.4. The van der Waals surface area contributed by atoms with Crippen molar-refractivity contribution in [2.45, 2.75) is 123 Å². The predicted molar refractivity (Wildman–Crippen MR) is 361 cm³/mol. The van der Waals surface area contributed by atoms with Gasteiger partial charge in [-0.25, -0.2) is 39.5 Å². The number of fused-ring (bicyclic) bond motifs is 2. The first-order chi connectivity index (χ1) is 48.3. The standard InChI is InChI=1S/C25H27F3N4O4.C20H19F3N4O2.C15H14F3N3O2.C10H16BrNO3/c1-5-35-20-10-22-30-18(16-12-32(13-16)23(34)36-24(2,3)4)14-31(22)11-15(20)9-19(33)17-7-6-8-21(29-17)25(26,27)28;1-2-29-17-7-19-26-15(13-8-24-9-13)11-27(19)10-12(17)6-16(28)14-4-3-5-18(25-14)20(21,22)23;1-2-23-12-7-14(19)20-8-9(12)6-11(22)10-4-3-5-13(21-10)15(16,17)18;1-10(2,3)15-9(14)12-5-7(6-12)8(13)4-11/h6-8,10-11,14,16H,5,9,12-13H2,1-4H3;3-5,7,10-11,13,24H,2,6,8-9H2,1H3;3-5,7-8H,2,6H2,1H3,(H2,19,20);7H,4-6H2,1-3H3. The highest BCUT2D eigenvalue weighted by Crippen LogP contribution is 2.34. The minimum Gasteiger partial charge on any atom is -0.493 e. The lowest BCUT2D eigenvalue weighted by Gasteiger charge is -2.38. The lowest BCUT2D eigenvalue weighted by molar-refractivity contribution is -0.142. The van der Waals surface area contributed by atoms with Crippen LogP contribution in [0.2, 0.25) is 0 Å². The first-order valence-electron chi connectivity index (χ1n) is 32.5. The van der Waals surface area contributed by atoms with Crippen LogP contribution in [0.4, 0.5) is 54.9 Å². The molecule has 33 heteroatoms. The van der Waals surface area contributed by atoms with Gasteiger partial charge in [-0.1, -0.05) is 34.1 Å². The summed E-state index contributed by atoms with van der Waals surface area (Å²) in [5.74, 6) is 0.388. The number of likely N-dealkylation sites (tertiary alicyclic amines) is 2. The monoisotopic (exact) mass is 1510 g/mol. The Kier molecular flexibility index (Phi) is 25.4. The number of nitrogens with one attached hydrogen (secondary N) is 1. The fourth-order valence-electron chi connectivity index (χ4n) is 10.2. The molecule has 103 heavy (non-hydrogen) atoms. The maximum absolute atomic E-state index is 13.0. The zero-order chi connectivity index (χ0) is 75.5. The number of Topliss-reactive ketones (excluding diaryl/α,β-unsaturated/α-hetero) is 4. The lowest BCUT2D eigenvalue weighted by Crippen LogP contribution is -2.54. The third-order valence-corrected chi connectivity index (χ3v) is 16.0. The van der Waals surface area contributed by atoms with Crippen LogP contribution in [-0.4, -0.2) is 159 Å². The maximum atomic E-state index is 13.0. The number of pyridine rings is 6. The number of amides is 2. The number of hydrogen-bond donors (Lipinski definition) is 2. The SMILES string of the molecule is CC(C)(C)OC(=O)N1CC(C(=O)CBr)C1.CCOc1cc(N)ncc1CC(=O)c1cccc(C(F)(F)F)n1.CCOc1cc2nc(C3CN(C(=O)OC(C)(C)C)C3)cn2cc1CC(=O)c1cccc(C(F)(F)F)n1.CCOc1cc2nc(C3CNC3)cn2cc1CC(=O)c1cccc(C(F)(F)F)n1. The number of nitrogen functional groups attached to an aromatic ring is 1. The van der Waals surface area contributed by atoms with E-state index >= 15 is 0 Å². The Labute approximate surface area is 594 Å². The van der Waals surface area contributed by atoms with E-state index in [1.165, 1.54) is 36.5 Å². The van der Waals surface area contributed by atoms with Crippen molar-refractivity contribution in [3.8, 4) is 17.2 Å². The predicted octanol–water partition coefficient (Wildman–Crippen LogP) is 12.9. The largest absolute Gasteiger partial charge is 0.493 e. The Hall–Kier alpha value is -9.79. The van der Waals surface area contributed by atoms with Gasteiger partial charge in [-0.2, -0.15) is 39.5 Å². The summed E-state index contributed by atoms with van der Waals surface area (Å²) in [5.41, 5.74) is 4.97. The molecule has 0 saturated carbocycles. The molecular formula is C70H76BrF9N12O11. The Bertz CT molecular complexity index is 4370. The number of carbonyl (C=O) groups excluding carboxylic acids is 6. The van der Waals surface area contributed by atoms with Gasteiger partial charge in [0.05, 0.1) is 42.5 Å². The highest BCUT2D eigenvalue weighted by atomic mass is 79.9. The fraction of sp³-hybridized carbons (Fsp3) is 0.429. The van der Waals surface area contributed by atoms with Crippen molar-refractivity contribution in [3.05, 3.63) is 166 Å². The molecule has 8 aromatic heterocycles. The normalized spacial score (nSPS) is 14.3. The van der Waals surface area contributed by atoms with Gasteiger partial charge in [0.2, 0.25) is 0 Å². The number of imidazole rings is 2. The topological polar surface area (TPSA) is 279 Å². The van der Waals surface area contributed by atoms with Crippen LogP contribution in [-0.2, 0) is 52.1 Å². The summed E-state index contributed by atoms with van der Waals surface area (Å²) in [6.07, 6.45) is -6.52. The number of hydrogen-bond acceptors (Lipinski definition) is 19. The van der Waals surface area contributed by atoms with E-state index in [1.54, 1.807) is 52.6 Å². The molecule has 0 unspecified atom stereocenters. The van der Waals surface area contributed by atoms with E-state index in [9.17, 15) is 68.3 Å². The van der Waals surface area contributed by atoms with Crippen molar-refractivity contribution < 1.29 is 92.0 Å². The van der Waals surface area contributed by atoms with Crippen LogP contribution in [0.3, 0.4) is 0 Å². The summed E-state index contributed by atoms with van der Waals surface area (Å²) in [6, 6.07) is 14.7. The zero-order valence-electron chi connectivity index (χ0n) is 57.6. The molecule has 552 valence electrons.